The molecule has 184 valence electrons. The van der Waals surface area contributed by atoms with E-state index >= 15 is 0 Å². The zero-order chi connectivity index (χ0) is 24.9. The Labute approximate surface area is 194 Å². The van der Waals surface area contributed by atoms with Crippen LogP contribution in [0.2, 0.25) is 0 Å². The second kappa shape index (κ2) is 10.9. The highest BCUT2D eigenvalue weighted by atomic mass is 16.7. The summed E-state index contributed by atoms with van der Waals surface area (Å²) in [5.41, 5.74) is -0.997. The molecule has 0 aromatic heterocycles. The molecule has 11 heteroatoms. The van der Waals surface area contributed by atoms with Gasteiger partial charge in [-0.25, -0.2) is 4.79 Å². The first-order chi connectivity index (χ1) is 16.1. The van der Waals surface area contributed by atoms with Crippen molar-refractivity contribution in [3.63, 3.8) is 0 Å². The maximum atomic E-state index is 12.0. The average molecular weight is 478 g/mol. The van der Waals surface area contributed by atoms with Crippen molar-refractivity contribution >= 4 is 17.8 Å². The number of benzene rings is 1. The molecule has 1 aliphatic carbocycles. The van der Waals surface area contributed by atoms with E-state index in [1.807, 2.05) is 0 Å². The number of ether oxygens (including phenoxy) is 3. The summed E-state index contributed by atoms with van der Waals surface area (Å²) in [7, 11) is 0. The monoisotopic (exact) mass is 478 g/mol. The fourth-order valence-electron chi connectivity index (χ4n) is 3.28. The molecule has 11 nitrogen and oxygen atoms in total. The van der Waals surface area contributed by atoms with Gasteiger partial charge >= 0.3 is 5.97 Å². The first kappa shape index (κ1) is 25.6. The number of phenolic OH excluding ortho intramolecular Hbond substituents is 2. The predicted molar refractivity (Wildman–Crippen MR) is 115 cm³/mol. The standard InChI is InChI=1S/C23H26O11/c24-14-5-7-23(31,8-6-14)9-10-32-22-21(30)20(29)19(28)17(34-22)12-33-18(27)4-2-13-1-3-15(25)16(26)11-13/h1-8,11,17,19-22,25-26,28-31H,9-10,12H2/t17-,19-,20+,21-,22-/m1/s1. The molecule has 1 aliphatic heterocycles. The van der Waals surface area contributed by atoms with Crippen LogP contribution in [-0.2, 0) is 23.8 Å². The number of aliphatic hydroxyl groups is 4. The summed E-state index contributed by atoms with van der Waals surface area (Å²) < 4.78 is 15.9. The van der Waals surface area contributed by atoms with Crippen LogP contribution in [0.4, 0.5) is 0 Å². The maximum absolute atomic E-state index is 12.0. The molecule has 0 bridgehead atoms. The van der Waals surface area contributed by atoms with E-state index in [9.17, 15) is 40.2 Å². The Morgan fingerprint density at radius 2 is 1.76 bits per heavy atom. The summed E-state index contributed by atoms with van der Waals surface area (Å²) in [5, 5.41) is 59.5. The summed E-state index contributed by atoms with van der Waals surface area (Å²) in [4.78, 5) is 23.2. The third kappa shape index (κ3) is 6.50. The summed E-state index contributed by atoms with van der Waals surface area (Å²) in [6.07, 6.45) is 0.0579. The number of allylic oxidation sites excluding steroid dienone is 2. The highest BCUT2D eigenvalue weighted by molar-refractivity contribution is 6.00. The van der Waals surface area contributed by atoms with Gasteiger partial charge < -0.3 is 44.8 Å². The zero-order valence-electron chi connectivity index (χ0n) is 17.9. The van der Waals surface area contributed by atoms with Crippen molar-refractivity contribution in [3.8, 4) is 11.5 Å². The molecule has 6 N–H and O–H groups in total. The van der Waals surface area contributed by atoms with E-state index < -0.39 is 48.9 Å². The lowest BCUT2D eigenvalue weighted by Crippen LogP contribution is -2.59. The molecule has 0 amide bonds. The van der Waals surface area contributed by atoms with Gasteiger partial charge in [0.1, 0.15) is 36.6 Å². The van der Waals surface area contributed by atoms with E-state index in [0.29, 0.717) is 5.56 Å². The minimum absolute atomic E-state index is 0.0236. The minimum Gasteiger partial charge on any atom is -0.504 e. The summed E-state index contributed by atoms with van der Waals surface area (Å²) in [6.45, 7) is -0.592. The van der Waals surface area contributed by atoms with Crippen LogP contribution in [0.1, 0.15) is 12.0 Å². The van der Waals surface area contributed by atoms with Gasteiger partial charge in [-0.3, -0.25) is 4.79 Å². The van der Waals surface area contributed by atoms with Crippen LogP contribution in [0.5, 0.6) is 11.5 Å². The number of hydrogen-bond donors (Lipinski definition) is 6. The third-order valence-corrected chi connectivity index (χ3v) is 5.33. The largest absolute Gasteiger partial charge is 0.504 e. The topological polar surface area (TPSA) is 183 Å². The summed E-state index contributed by atoms with van der Waals surface area (Å²) >= 11 is 0. The highest BCUT2D eigenvalue weighted by Crippen LogP contribution is 2.26. The molecule has 2 aliphatic rings. The van der Waals surface area contributed by atoms with Gasteiger partial charge in [0.2, 0.25) is 0 Å². The molecule has 34 heavy (non-hydrogen) atoms. The lowest BCUT2D eigenvalue weighted by atomic mass is 9.94. The van der Waals surface area contributed by atoms with E-state index in [2.05, 4.69) is 0 Å². The van der Waals surface area contributed by atoms with Crippen molar-refractivity contribution in [1.29, 1.82) is 0 Å². The summed E-state index contributed by atoms with van der Waals surface area (Å²) in [6, 6.07) is 3.94. The Morgan fingerprint density at radius 1 is 1.06 bits per heavy atom. The number of phenols is 2. The lowest BCUT2D eigenvalue weighted by molar-refractivity contribution is -0.302. The zero-order valence-corrected chi connectivity index (χ0v) is 17.9. The molecule has 3 rings (SSSR count). The molecule has 0 saturated carbocycles. The molecule has 1 aromatic carbocycles. The molecule has 1 heterocycles. The first-order valence-electron chi connectivity index (χ1n) is 10.4. The van der Waals surface area contributed by atoms with Crippen LogP contribution in [0.25, 0.3) is 6.08 Å². The number of hydrogen-bond acceptors (Lipinski definition) is 11. The molecule has 0 spiro atoms. The van der Waals surface area contributed by atoms with Crippen LogP contribution < -0.4 is 0 Å². The van der Waals surface area contributed by atoms with Gasteiger partial charge in [-0.1, -0.05) is 6.07 Å². The van der Waals surface area contributed by atoms with Crippen LogP contribution in [0.3, 0.4) is 0 Å². The normalized spacial score (nSPS) is 28.4. The van der Waals surface area contributed by atoms with Crippen molar-refractivity contribution in [3.05, 3.63) is 54.1 Å². The Bertz CT molecular complexity index is 967. The minimum atomic E-state index is -1.65. The van der Waals surface area contributed by atoms with Crippen LogP contribution in [0, 0.1) is 0 Å². The smallest absolute Gasteiger partial charge is 0.330 e. The summed E-state index contributed by atoms with van der Waals surface area (Å²) in [5.74, 6) is -1.74. The van der Waals surface area contributed by atoms with E-state index in [1.54, 1.807) is 0 Å². The van der Waals surface area contributed by atoms with E-state index in [0.717, 1.165) is 6.08 Å². The molecule has 1 saturated heterocycles. The number of carbonyl (C=O) groups is 2. The number of ketones is 1. The van der Waals surface area contributed by atoms with Gasteiger partial charge in [-0.05, 0) is 48.1 Å². The molecular weight excluding hydrogens is 452 g/mol. The quantitative estimate of drug-likeness (QED) is 0.158. The Kier molecular flexibility index (Phi) is 8.20. The van der Waals surface area contributed by atoms with Gasteiger partial charge in [0.25, 0.3) is 0 Å². The van der Waals surface area contributed by atoms with Crippen molar-refractivity contribution in [2.45, 2.75) is 42.7 Å². The molecule has 1 aromatic rings. The predicted octanol–water partition coefficient (Wildman–Crippen LogP) is -0.705. The van der Waals surface area contributed by atoms with Gasteiger partial charge in [-0.15, -0.1) is 0 Å². The number of aromatic hydroxyl groups is 2. The molecule has 5 atom stereocenters. The molecular formula is C23H26O11. The van der Waals surface area contributed by atoms with Gasteiger partial charge in [0.15, 0.2) is 23.6 Å². The average Bonchev–Trinajstić information content (AvgIpc) is 2.81. The molecule has 0 unspecified atom stereocenters. The van der Waals surface area contributed by atoms with Crippen molar-refractivity contribution < 1.29 is 54.4 Å². The Morgan fingerprint density at radius 3 is 2.44 bits per heavy atom. The van der Waals surface area contributed by atoms with E-state index in [-0.39, 0.29) is 30.3 Å². The van der Waals surface area contributed by atoms with Gasteiger partial charge in [0.05, 0.1) is 6.61 Å². The SMILES string of the molecule is O=C1C=CC(O)(CCO[C@@H]2O[C@H](COC(=O)C=Cc3ccc(O)c(O)c3)[C@@H](O)[C@H](O)[C@H]2O)C=C1. The third-order valence-electron chi connectivity index (χ3n) is 5.33. The van der Waals surface area contributed by atoms with Crippen molar-refractivity contribution in [1.82, 2.24) is 0 Å². The van der Waals surface area contributed by atoms with Crippen LogP contribution >= 0.6 is 0 Å². The molecule has 0 radical (unpaired) electrons. The van der Waals surface area contributed by atoms with Gasteiger partial charge in [0, 0.05) is 12.5 Å². The number of aliphatic hydroxyl groups excluding tert-OH is 3. The van der Waals surface area contributed by atoms with E-state index in [1.165, 1.54) is 48.6 Å². The van der Waals surface area contributed by atoms with Crippen molar-refractivity contribution in [2.24, 2.45) is 0 Å². The number of esters is 1. The fraction of sp³-hybridized carbons (Fsp3) is 0.391. The fourth-order valence-corrected chi connectivity index (χ4v) is 3.28. The number of carbonyl (C=O) groups excluding carboxylic acids is 2. The van der Waals surface area contributed by atoms with Crippen LogP contribution in [0.15, 0.2) is 48.6 Å². The highest BCUT2D eigenvalue weighted by Gasteiger charge is 2.45. The maximum Gasteiger partial charge on any atom is 0.330 e. The second-order valence-electron chi connectivity index (χ2n) is 7.91. The van der Waals surface area contributed by atoms with Crippen LogP contribution in [-0.4, -0.2) is 91.9 Å². The first-order valence-corrected chi connectivity index (χ1v) is 10.4. The van der Waals surface area contributed by atoms with Crippen molar-refractivity contribution in [2.75, 3.05) is 13.2 Å². The Hall–Kier alpha value is -3.06. The second-order valence-corrected chi connectivity index (χ2v) is 7.91. The lowest BCUT2D eigenvalue weighted by Gasteiger charge is -2.40. The molecule has 1 fully saturated rings. The number of rotatable bonds is 8. The van der Waals surface area contributed by atoms with Gasteiger partial charge in [-0.2, -0.15) is 0 Å². The Balaban J connectivity index is 1.51. The van der Waals surface area contributed by atoms with E-state index in [4.69, 9.17) is 14.2 Å².